The van der Waals surface area contributed by atoms with Gasteiger partial charge in [-0.15, -0.1) is 0 Å². The summed E-state index contributed by atoms with van der Waals surface area (Å²) in [7, 11) is 0. The Morgan fingerprint density at radius 1 is 1.32 bits per heavy atom. The quantitative estimate of drug-likeness (QED) is 0.780. The number of hydrogen-bond acceptors (Lipinski definition) is 4. The van der Waals surface area contributed by atoms with Crippen LogP contribution < -0.4 is 5.73 Å². The monoisotopic (exact) mass is 268 g/mol. The Morgan fingerprint density at radius 3 is 2.26 bits per heavy atom. The molecule has 2 atom stereocenters. The van der Waals surface area contributed by atoms with Gasteiger partial charge in [0, 0.05) is 25.9 Å². The second-order valence-corrected chi connectivity index (χ2v) is 6.75. The number of rotatable bonds is 1. The molecule has 0 aromatic heterocycles. The Labute approximate surface area is 114 Å². The number of carbonyl (C=O) groups excluding carboxylic acids is 2. The van der Waals surface area contributed by atoms with Gasteiger partial charge in [0.2, 0.25) is 0 Å². The molecular formula is C14H24N2O3. The number of piperidine rings is 1. The van der Waals surface area contributed by atoms with Gasteiger partial charge in [-0.2, -0.15) is 0 Å². The van der Waals surface area contributed by atoms with Crippen LogP contribution in [0.25, 0.3) is 0 Å². The molecule has 2 fully saturated rings. The molecule has 2 bridgehead atoms. The number of ketones is 1. The van der Waals surface area contributed by atoms with Crippen LogP contribution in [-0.2, 0) is 9.53 Å². The summed E-state index contributed by atoms with van der Waals surface area (Å²) in [6, 6.07) is 0. The molecule has 1 aliphatic carbocycles. The zero-order valence-electron chi connectivity index (χ0n) is 12.0. The van der Waals surface area contributed by atoms with Gasteiger partial charge >= 0.3 is 6.09 Å². The molecule has 5 nitrogen and oxygen atoms in total. The van der Waals surface area contributed by atoms with Crippen LogP contribution in [0.4, 0.5) is 4.79 Å². The van der Waals surface area contributed by atoms with Gasteiger partial charge in [-0.3, -0.25) is 4.79 Å². The fraction of sp³-hybridized carbons (Fsp3) is 0.857. The zero-order valence-corrected chi connectivity index (χ0v) is 12.0. The number of amides is 1. The summed E-state index contributed by atoms with van der Waals surface area (Å²) < 4.78 is 5.41. The smallest absolute Gasteiger partial charge is 0.410 e. The molecule has 1 saturated heterocycles. The maximum atomic E-state index is 12.1. The first-order chi connectivity index (χ1) is 8.80. The molecule has 2 rings (SSSR count). The van der Waals surface area contributed by atoms with E-state index in [2.05, 4.69) is 0 Å². The topological polar surface area (TPSA) is 72.6 Å². The second kappa shape index (κ2) is 5.12. The van der Waals surface area contributed by atoms with Crippen LogP contribution >= 0.6 is 0 Å². The summed E-state index contributed by atoms with van der Waals surface area (Å²) in [4.78, 5) is 25.5. The largest absolute Gasteiger partial charge is 0.444 e. The van der Waals surface area contributed by atoms with Gasteiger partial charge in [0.05, 0.1) is 0 Å². The number of ether oxygens (including phenoxy) is 1. The lowest BCUT2D eigenvalue weighted by Gasteiger charge is -2.46. The standard InChI is InChI=1S/C14H24N2O3/c1-14(2,3)19-13(18)16-7-9-4-11(17)5-10(8-16)12(9)6-15/h9-10,12H,4-8,15H2,1-3H3. The van der Waals surface area contributed by atoms with E-state index in [4.69, 9.17) is 10.5 Å². The summed E-state index contributed by atoms with van der Waals surface area (Å²) in [6.45, 7) is 7.38. The Bertz CT molecular complexity index is 357. The number of nitrogens with zero attached hydrogens (tertiary/aromatic N) is 1. The molecule has 0 aromatic carbocycles. The van der Waals surface area contributed by atoms with E-state index in [1.807, 2.05) is 20.8 Å². The Hall–Kier alpha value is -1.10. The molecule has 19 heavy (non-hydrogen) atoms. The lowest BCUT2D eigenvalue weighted by Crippen LogP contribution is -2.54. The maximum Gasteiger partial charge on any atom is 0.410 e. The van der Waals surface area contributed by atoms with Gasteiger partial charge in [0.1, 0.15) is 11.4 Å². The molecule has 5 heteroatoms. The van der Waals surface area contributed by atoms with Crippen LogP contribution in [0, 0.1) is 17.8 Å². The van der Waals surface area contributed by atoms with Crippen molar-refractivity contribution >= 4 is 11.9 Å². The number of carbonyl (C=O) groups is 2. The molecule has 0 aromatic rings. The third-order valence-corrected chi connectivity index (χ3v) is 4.02. The summed E-state index contributed by atoms with van der Waals surface area (Å²) >= 11 is 0. The minimum Gasteiger partial charge on any atom is -0.444 e. The van der Waals surface area contributed by atoms with Crippen LogP contribution in [0.15, 0.2) is 0 Å². The first-order valence-electron chi connectivity index (χ1n) is 7.00. The van der Waals surface area contributed by atoms with Gasteiger partial charge in [0.25, 0.3) is 0 Å². The van der Waals surface area contributed by atoms with Crippen molar-refractivity contribution in [3.8, 4) is 0 Å². The van der Waals surface area contributed by atoms with E-state index in [0.29, 0.717) is 44.2 Å². The van der Waals surface area contributed by atoms with Crippen molar-refractivity contribution in [2.24, 2.45) is 23.5 Å². The first-order valence-corrected chi connectivity index (χ1v) is 7.00. The number of hydrogen-bond donors (Lipinski definition) is 1. The van der Waals surface area contributed by atoms with Crippen molar-refractivity contribution in [2.45, 2.75) is 39.2 Å². The van der Waals surface area contributed by atoms with Crippen LogP contribution in [-0.4, -0.2) is 42.0 Å². The fourth-order valence-electron chi connectivity index (χ4n) is 3.26. The third-order valence-electron chi connectivity index (χ3n) is 4.02. The molecule has 0 radical (unpaired) electrons. The van der Waals surface area contributed by atoms with Gasteiger partial charge in [-0.25, -0.2) is 4.79 Å². The van der Waals surface area contributed by atoms with Crippen molar-refractivity contribution in [1.29, 1.82) is 0 Å². The third kappa shape index (κ3) is 3.26. The normalized spacial score (nSPS) is 31.3. The first kappa shape index (κ1) is 14.3. The average Bonchev–Trinajstić information content (AvgIpc) is 2.24. The molecule has 2 N–H and O–H groups in total. The highest BCUT2D eigenvalue weighted by Gasteiger charge is 2.43. The number of nitrogens with two attached hydrogens (primary N) is 1. The van der Waals surface area contributed by atoms with Crippen molar-refractivity contribution < 1.29 is 14.3 Å². The summed E-state index contributed by atoms with van der Waals surface area (Å²) in [5, 5.41) is 0. The van der Waals surface area contributed by atoms with E-state index in [0.717, 1.165) is 0 Å². The van der Waals surface area contributed by atoms with E-state index >= 15 is 0 Å². The van der Waals surface area contributed by atoms with E-state index in [9.17, 15) is 9.59 Å². The van der Waals surface area contributed by atoms with Crippen molar-refractivity contribution in [2.75, 3.05) is 19.6 Å². The Balaban J connectivity index is 2.04. The van der Waals surface area contributed by atoms with Crippen LogP contribution in [0.5, 0.6) is 0 Å². The molecule has 108 valence electrons. The van der Waals surface area contributed by atoms with Gasteiger partial charge < -0.3 is 15.4 Å². The summed E-state index contributed by atoms with van der Waals surface area (Å²) in [5.74, 6) is 1.09. The Kier molecular flexibility index (Phi) is 3.85. The van der Waals surface area contributed by atoms with Gasteiger partial charge in [0.15, 0.2) is 0 Å². The molecule has 2 aliphatic rings. The zero-order chi connectivity index (χ0) is 14.2. The SMILES string of the molecule is CC(C)(C)OC(=O)N1CC2CC(=O)CC(C1)C2CN. The molecule has 1 heterocycles. The molecular weight excluding hydrogens is 244 g/mol. The van der Waals surface area contributed by atoms with Crippen LogP contribution in [0.2, 0.25) is 0 Å². The highest BCUT2D eigenvalue weighted by Crippen LogP contribution is 2.38. The molecule has 2 unspecified atom stereocenters. The minimum absolute atomic E-state index is 0.206. The van der Waals surface area contributed by atoms with Crippen LogP contribution in [0.3, 0.4) is 0 Å². The number of fused-ring (bicyclic) bond motifs is 2. The molecule has 1 saturated carbocycles. The maximum absolute atomic E-state index is 12.1. The van der Waals surface area contributed by atoms with Gasteiger partial charge in [-0.05, 0) is 45.1 Å². The molecule has 1 aliphatic heterocycles. The number of Topliss-reactive ketones (excluding diaryl/α,β-unsaturated/α-hetero) is 1. The highest BCUT2D eigenvalue weighted by atomic mass is 16.6. The predicted octanol–water partition coefficient (Wildman–Crippen LogP) is 1.41. The summed E-state index contributed by atoms with van der Waals surface area (Å²) in [5.41, 5.74) is 5.34. The average molecular weight is 268 g/mol. The van der Waals surface area contributed by atoms with Crippen LogP contribution in [0.1, 0.15) is 33.6 Å². The van der Waals surface area contributed by atoms with Crippen molar-refractivity contribution in [3.05, 3.63) is 0 Å². The summed E-state index contributed by atoms with van der Waals surface area (Å²) in [6.07, 6.45) is 0.835. The fourth-order valence-corrected chi connectivity index (χ4v) is 3.26. The lowest BCUT2D eigenvalue weighted by atomic mass is 9.68. The van der Waals surface area contributed by atoms with E-state index in [1.165, 1.54) is 0 Å². The predicted molar refractivity (Wildman–Crippen MR) is 71.6 cm³/mol. The second-order valence-electron chi connectivity index (χ2n) is 6.75. The lowest BCUT2D eigenvalue weighted by molar-refractivity contribution is -0.127. The number of likely N-dealkylation sites (tertiary alicyclic amines) is 1. The van der Waals surface area contributed by atoms with Crippen molar-refractivity contribution in [3.63, 3.8) is 0 Å². The minimum atomic E-state index is -0.479. The van der Waals surface area contributed by atoms with E-state index < -0.39 is 5.60 Å². The molecule has 1 amide bonds. The van der Waals surface area contributed by atoms with Crippen molar-refractivity contribution in [1.82, 2.24) is 4.90 Å². The molecule has 0 spiro atoms. The Morgan fingerprint density at radius 2 is 1.84 bits per heavy atom. The highest BCUT2D eigenvalue weighted by molar-refractivity contribution is 5.80. The van der Waals surface area contributed by atoms with E-state index in [-0.39, 0.29) is 17.9 Å². The van der Waals surface area contributed by atoms with E-state index in [1.54, 1.807) is 4.90 Å². The van der Waals surface area contributed by atoms with Gasteiger partial charge in [-0.1, -0.05) is 0 Å².